The molecule has 6 nitrogen and oxygen atoms in total. The molecule has 0 bridgehead atoms. The van der Waals surface area contributed by atoms with Gasteiger partial charge in [-0.2, -0.15) is 0 Å². The van der Waals surface area contributed by atoms with E-state index in [0.717, 1.165) is 17.5 Å². The summed E-state index contributed by atoms with van der Waals surface area (Å²) in [5, 5.41) is 9.26. The number of halogens is 1. The molecule has 23 heavy (non-hydrogen) atoms. The first-order chi connectivity index (χ1) is 11.0. The Bertz CT molecular complexity index is 607. The molecule has 1 saturated carbocycles. The van der Waals surface area contributed by atoms with Crippen molar-refractivity contribution in [3.63, 3.8) is 0 Å². The topological polar surface area (TPSA) is 104 Å². The normalized spacial score (nSPS) is 33.2. The predicted octanol–water partition coefficient (Wildman–Crippen LogP) is 0.745. The highest BCUT2D eigenvalue weighted by Crippen LogP contribution is 2.42. The van der Waals surface area contributed by atoms with Gasteiger partial charge in [0.1, 0.15) is 6.04 Å². The third-order valence-electron chi connectivity index (χ3n) is 4.86. The lowest BCUT2D eigenvalue weighted by Gasteiger charge is -2.36. The largest absolute Gasteiger partial charge is 0.480 e. The van der Waals surface area contributed by atoms with Crippen LogP contribution in [0.4, 0.5) is 0 Å². The summed E-state index contributed by atoms with van der Waals surface area (Å²) in [6, 6.07) is 7.20. The van der Waals surface area contributed by atoms with Crippen LogP contribution < -0.4 is 16.6 Å². The Morgan fingerprint density at radius 1 is 1.22 bits per heavy atom. The molecule has 5 N–H and O–H groups in total. The predicted molar refractivity (Wildman–Crippen MR) is 85.9 cm³/mol. The van der Waals surface area contributed by atoms with Crippen molar-refractivity contribution in [1.82, 2.24) is 10.9 Å². The van der Waals surface area contributed by atoms with E-state index in [0.29, 0.717) is 6.42 Å². The molecule has 0 aromatic heterocycles. The number of primary amides is 1. The first kappa shape index (κ1) is 16.2. The molecule has 1 amide bonds. The minimum absolute atomic E-state index is 0.0118. The van der Waals surface area contributed by atoms with Gasteiger partial charge in [0.15, 0.2) is 0 Å². The van der Waals surface area contributed by atoms with Crippen LogP contribution in [0, 0.1) is 5.92 Å². The number of amides is 1. The number of hydrazine groups is 1. The second kappa shape index (κ2) is 6.47. The van der Waals surface area contributed by atoms with E-state index in [1.54, 1.807) is 0 Å². The molecule has 7 heteroatoms. The summed E-state index contributed by atoms with van der Waals surface area (Å²) in [4.78, 5) is 22.3. The van der Waals surface area contributed by atoms with Gasteiger partial charge in [0.25, 0.3) is 0 Å². The van der Waals surface area contributed by atoms with Gasteiger partial charge in [-0.15, -0.1) is 11.6 Å². The monoisotopic (exact) mass is 337 g/mol. The molecule has 1 saturated heterocycles. The number of fused-ring (bicyclic) bond motifs is 1. The van der Waals surface area contributed by atoms with Crippen LogP contribution in [-0.2, 0) is 16.0 Å². The van der Waals surface area contributed by atoms with Crippen LogP contribution in [0.3, 0.4) is 0 Å². The number of carbonyl (C=O) groups excluding carboxylic acids is 1. The number of aliphatic carboxylic acids is 1. The Morgan fingerprint density at radius 3 is 2.52 bits per heavy atom. The maximum atomic E-state index is 11.3. The second-order valence-corrected chi connectivity index (χ2v) is 6.91. The molecule has 5 atom stereocenters. The minimum atomic E-state index is -0.839. The molecule has 124 valence electrons. The molecule has 1 heterocycles. The van der Waals surface area contributed by atoms with Crippen molar-refractivity contribution in [3.8, 4) is 0 Å². The molecular weight excluding hydrogens is 318 g/mol. The second-order valence-electron chi connectivity index (χ2n) is 6.35. The van der Waals surface area contributed by atoms with Gasteiger partial charge in [-0.25, -0.2) is 5.43 Å². The van der Waals surface area contributed by atoms with E-state index >= 15 is 0 Å². The number of hydrogen-bond donors (Lipinski definition) is 4. The highest BCUT2D eigenvalue weighted by molar-refractivity contribution is 6.21. The molecule has 0 radical (unpaired) electrons. The molecule has 1 aliphatic carbocycles. The van der Waals surface area contributed by atoms with E-state index in [9.17, 15) is 14.7 Å². The average molecular weight is 338 g/mol. The summed E-state index contributed by atoms with van der Waals surface area (Å²) in [6.45, 7) is 0. The lowest BCUT2D eigenvalue weighted by Crippen LogP contribution is -2.41. The summed E-state index contributed by atoms with van der Waals surface area (Å²) in [7, 11) is 0. The fraction of sp³-hybridized carbons (Fsp3) is 0.500. The quantitative estimate of drug-likeness (QED) is 0.607. The van der Waals surface area contributed by atoms with Gasteiger partial charge >= 0.3 is 5.97 Å². The third-order valence-corrected chi connectivity index (χ3v) is 5.35. The number of benzene rings is 1. The number of nitrogens with two attached hydrogens (primary N) is 1. The number of carbonyl (C=O) groups is 2. The van der Waals surface area contributed by atoms with Crippen molar-refractivity contribution < 1.29 is 14.7 Å². The summed E-state index contributed by atoms with van der Waals surface area (Å²) in [5.41, 5.74) is 13.1. The van der Waals surface area contributed by atoms with Gasteiger partial charge in [0.2, 0.25) is 5.91 Å². The number of hydrogen-bond acceptors (Lipinski definition) is 4. The standard InChI is InChI=1S/C16H20ClN3O3/c17-12-7-13-11(15(16(22)23)20-19-13)6-10(12)9-3-1-8(2-4-9)5-14(18)21/h1-4,10-13,15,19-20H,5-7H2,(H2,18,21)(H,22,23). The van der Waals surface area contributed by atoms with Gasteiger partial charge in [-0.1, -0.05) is 24.3 Å². The zero-order valence-electron chi connectivity index (χ0n) is 12.5. The number of nitrogens with one attached hydrogen (secondary N) is 2. The Labute approximate surface area is 139 Å². The zero-order chi connectivity index (χ0) is 16.6. The van der Waals surface area contributed by atoms with E-state index in [1.807, 2.05) is 24.3 Å². The third kappa shape index (κ3) is 3.34. The summed E-state index contributed by atoms with van der Waals surface area (Å²) in [6.07, 6.45) is 1.65. The van der Waals surface area contributed by atoms with Crippen molar-refractivity contribution in [2.45, 2.75) is 42.6 Å². The minimum Gasteiger partial charge on any atom is -0.480 e. The molecule has 2 aliphatic rings. The molecule has 0 spiro atoms. The lowest BCUT2D eigenvalue weighted by atomic mass is 9.73. The van der Waals surface area contributed by atoms with Crippen LogP contribution >= 0.6 is 11.6 Å². The molecule has 1 aromatic carbocycles. The number of carboxylic acids is 1. The summed E-state index contributed by atoms with van der Waals surface area (Å²) in [5.74, 6) is -1.09. The van der Waals surface area contributed by atoms with Crippen molar-refractivity contribution in [2.24, 2.45) is 11.7 Å². The van der Waals surface area contributed by atoms with Crippen LogP contribution in [0.1, 0.15) is 29.9 Å². The van der Waals surface area contributed by atoms with E-state index in [-0.39, 0.29) is 35.6 Å². The smallest absolute Gasteiger partial charge is 0.322 e. The highest BCUT2D eigenvalue weighted by Gasteiger charge is 2.46. The zero-order valence-corrected chi connectivity index (χ0v) is 13.3. The maximum absolute atomic E-state index is 11.3. The fourth-order valence-electron chi connectivity index (χ4n) is 3.70. The Kier molecular flexibility index (Phi) is 4.57. The Hall–Kier alpha value is -1.63. The number of rotatable bonds is 4. The van der Waals surface area contributed by atoms with E-state index < -0.39 is 12.0 Å². The lowest BCUT2D eigenvalue weighted by molar-refractivity contribution is -0.140. The SMILES string of the molecule is NC(=O)Cc1ccc(C2CC3C(CC2Cl)NNC3C(=O)O)cc1. The molecule has 1 aliphatic heterocycles. The molecule has 3 rings (SSSR count). The molecule has 1 aromatic rings. The maximum Gasteiger partial charge on any atom is 0.322 e. The van der Waals surface area contributed by atoms with Crippen LogP contribution in [0.5, 0.6) is 0 Å². The van der Waals surface area contributed by atoms with Gasteiger partial charge in [0.05, 0.1) is 6.42 Å². The Morgan fingerprint density at radius 2 is 1.91 bits per heavy atom. The molecular formula is C16H20ClN3O3. The van der Waals surface area contributed by atoms with Crippen LogP contribution in [0.25, 0.3) is 0 Å². The molecule has 2 fully saturated rings. The summed E-state index contributed by atoms with van der Waals surface area (Å²) < 4.78 is 0. The van der Waals surface area contributed by atoms with Crippen LogP contribution in [0.15, 0.2) is 24.3 Å². The number of alkyl halides is 1. The summed E-state index contributed by atoms with van der Waals surface area (Å²) >= 11 is 6.55. The number of carboxylic acid groups (broad SMARTS) is 1. The van der Waals surface area contributed by atoms with Crippen molar-refractivity contribution >= 4 is 23.5 Å². The van der Waals surface area contributed by atoms with Crippen molar-refractivity contribution in [2.75, 3.05) is 0 Å². The molecule has 5 unspecified atom stereocenters. The van der Waals surface area contributed by atoms with E-state index in [1.165, 1.54) is 0 Å². The average Bonchev–Trinajstić information content (AvgIpc) is 2.89. The van der Waals surface area contributed by atoms with Crippen molar-refractivity contribution in [1.29, 1.82) is 0 Å². The van der Waals surface area contributed by atoms with E-state index in [2.05, 4.69) is 10.9 Å². The van der Waals surface area contributed by atoms with Crippen molar-refractivity contribution in [3.05, 3.63) is 35.4 Å². The highest BCUT2D eigenvalue weighted by atomic mass is 35.5. The first-order valence-corrected chi connectivity index (χ1v) is 8.14. The fourth-order valence-corrected chi connectivity index (χ4v) is 4.14. The van der Waals surface area contributed by atoms with Gasteiger partial charge in [0, 0.05) is 23.3 Å². The van der Waals surface area contributed by atoms with Crippen LogP contribution in [-0.4, -0.2) is 34.4 Å². The van der Waals surface area contributed by atoms with Gasteiger partial charge in [-0.05, 0) is 24.0 Å². The first-order valence-electron chi connectivity index (χ1n) is 7.70. The van der Waals surface area contributed by atoms with Gasteiger partial charge in [-0.3, -0.25) is 15.0 Å². The van der Waals surface area contributed by atoms with Gasteiger partial charge < -0.3 is 10.8 Å². The van der Waals surface area contributed by atoms with E-state index in [4.69, 9.17) is 17.3 Å². The van der Waals surface area contributed by atoms with Crippen LogP contribution in [0.2, 0.25) is 0 Å². The Balaban J connectivity index is 1.76.